The summed E-state index contributed by atoms with van der Waals surface area (Å²) in [6.45, 7) is 0.497. The predicted molar refractivity (Wildman–Crippen MR) is 95.5 cm³/mol. The number of H-pyrrole nitrogens is 1. The minimum absolute atomic E-state index is 0.188. The van der Waals surface area contributed by atoms with Crippen molar-refractivity contribution in [3.63, 3.8) is 0 Å². The largest absolute Gasteiger partial charge is 0.347 e. The Morgan fingerprint density at radius 1 is 1.23 bits per heavy atom. The third kappa shape index (κ3) is 2.74. The van der Waals surface area contributed by atoms with E-state index in [4.69, 9.17) is 11.6 Å². The summed E-state index contributed by atoms with van der Waals surface area (Å²) in [7, 11) is 0. The van der Waals surface area contributed by atoms with Gasteiger partial charge in [0.15, 0.2) is 5.65 Å². The van der Waals surface area contributed by atoms with Gasteiger partial charge in [0.05, 0.1) is 5.56 Å². The molecule has 1 fully saturated rings. The summed E-state index contributed by atoms with van der Waals surface area (Å²) in [6.07, 6.45) is 2.00. The first-order valence-electron chi connectivity index (χ1n) is 7.98. The Labute approximate surface area is 152 Å². The molecule has 8 nitrogen and oxygen atoms in total. The van der Waals surface area contributed by atoms with Gasteiger partial charge in [0.25, 0.3) is 5.91 Å². The summed E-state index contributed by atoms with van der Waals surface area (Å²) in [5, 5.41) is 9.48. The van der Waals surface area contributed by atoms with E-state index >= 15 is 0 Å². The maximum atomic E-state index is 12.6. The number of anilines is 1. The van der Waals surface area contributed by atoms with Crippen molar-refractivity contribution >= 4 is 34.7 Å². The number of nitrogens with zero attached hydrogens (tertiary/aromatic N) is 3. The number of hydrogen-bond donors (Lipinski definition) is 2. The molecule has 1 aliphatic rings. The fourth-order valence-corrected chi connectivity index (χ4v) is 3.16. The highest BCUT2D eigenvalue weighted by Gasteiger charge is 2.34. The molecule has 2 aromatic heterocycles. The lowest BCUT2D eigenvalue weighted by Crippen LogP contribution is -2.41. The summed E-state index contributed by atoms with van der Waals surface area (Å²) in [5.41, 5.74) is 0.746. The van der Waals surface area contributed by atoms with Crippen LogP contribution in [-0.2, 0) is 4.79 Å². The van der Waals surface area contributed by atoms with Crippen LogP contribution in [0.25, 0.3) is 5.65 Å². The number of carbonyl (C=O) groups excluding carboxylic acids is 2. The van der Waals surface area contributed by atoms with Crippen molar-refractivity contribution < 1.29 is 9.59 Å². The first-order valence-corrected chi connectivity index (χ1v) is 8.36. The zero-order chi connectivity index (χ0) is 18.3. The Morgan fingerprint density at radius 2 is 2.00 bits per heavy atom. The van der Waals surface area contributed by atoms with Crippen LogP contribution in [0.3, 0.4) is 0 Å². The van der Waals surface area contributed by atoms with Crippen molar-refractivity contribution in [3.8, 4) is 0 Å². The lowest BCUT2D eigenvalue weighted by molar-refractivity contribution is -0.118. The number of pyridine rings is 1. The Hall–Kier alpha value is -3.13. The zero-order valence-electron chi connectivity index (χ0n) is 13.5. The summed E-state index contributed by atoms with van der Waals surface area (Å²) in [4.78, 5) is 38.4. The molecule has 26 heavy (non-hydrogen) atoms. The van der Waals surface area contributed by atoms with Gasteiger partial charge >= 0.3 is 5.69 Å². The lowest BCUT2D eigenvalue weighted by atomic mass is 10.2. The topological polar surface area (TPSA) is 99.6 Å². The fourth-order valence-electron chi connectivity index (χ4n) is 3.04. The number of aromatic nitrogens is 3. The quantitative estimate of drug-likeness (QED) is 0.722. The van der Waals surface area contributed by atoms with Crippen molar-refractivity contribution in [2.45, 2.75) is 12.5 Å². The molecule has 4 rings (SSSR count). The summed E-state index contributed by atoms with van der Waals surface area (Å²) >= 11 is 5.88. The Kier molecular flexibility index (Phi) is 3.96. The third-order valence-electron chi connectivity index (χ3n) is 4.34. The number of nitrogens with one attached hydrogen (secondary N) is 2. The van der Waals surface area contributed by atoms with E-state index < -0.39 is 17.6 Å². The van der Waals surface area contributed by atoms with Gasteiger partial charge in [-0.1, -0.05) is 11.6 Å². The van der Waals surface area contributed by atoms with Crippen LogP contribution in [0.5, 0.6) is 0 Å². The number of halogens is 1. The lowest BCUT2D eigenvalue weighted by Gasteiger charge is -2.17. The standard InChI is InChI=1S/C17H14ClN5O3/c18-10-3-5-11(6-4-10)22-9-7-13(16(22)25)19-15(24)12-2-1-8-23-14(12)20-21-17(23)26/h1-6,8,13H,7,9H2,(H,19,24)(H,21,26). The number of rotatable bonds is 3. The van der Waals surface area contributed by atoms with Gasteiger partial charge in [0.1, 0.15) is 6.04 Å². The molecule has 0 bridgehead atoms. The number of benzene rings is 1. The Bertz CT molecular complexity index is 1060. The van der Waals surface area contributed by atoms with E-state index in [1.165, 1.54) is 10.6 Å². The molecule has 3 heterocycles. The number of hydrogen-bond acceptors (Lipinski definition) is 4. The van der Waals surface area contributed by atoms with E-state index in [-0.39, 0.29) is 17.1 Å². The van der Waals surface area contributed by atoms with Gasteiger partial charge in [0, 0.05) is 23.5 Å². The number of fused-ring (bicyclic) bond motifs is 1. The van der Waals surface area contributed by atoms with E-state index in [0.29, 0.717) is 18.0 Å². The smallest absolute Gasteiger partial charge is 0.340 e. The highest BCUT2D eigenvalue weighted by Crippen LogP contribution is 2.23. The molecule has 1 unspecified atom stereocenters. The second kappa shape index (κ2) is 6.30. The van der Waals surface area contributed by atoms with Crippen molar-refractivity contribution in [2.24, 2.45) is 0 Å². The maximum Gasteiger partial charge on any atom is 0.347 e. The van der Waals surface area contributed by atoms with E-state index in [0.717, 1.165) is 5.69 Å². The minimum atomic E-state index is -0.635. The summed E-state index contributed by atoms with van der Waals surface area (Å²) in [5.74, 6) is -0.641. The van der Waals surface area contributed by atoms with Crippen LogP contribution in [0.4, 0.5) is 5.69 Å². The number of carbonyl (C=O) groups is 2. The zero-order valence-corrected chi connectivity index (χ0v) is 14.2. The molecule has 3 aromatic rings. The minimum Gasteiger partial charge on any atom is -0.340 e. The fraction of sp³-hybridized carbons (Fsp3) is 0.176. The first kappa shape index (κ1) is 16.3. The van der Waals surface area contributed by atoms with Gasteiger partial charge in [-0.2, -0.15) is 5.10 Å². The van der Waals surface area contributed by atoms with Gasteiger partial charge in [-0.25, -0.2) is 14.3 Å². The van der Waals surface area contributed by atoms with Crippen LogP contribution < -0.4 is 15.9 Å². The molecule has 1 aliphatic heterocycles. The highest BCUT2D eigenvalue weighted by atomic mass is 35.5. The second-order valence-electron chi connectivity index (χ2n) is 5.93. The van der Waals surface area contributed by atoms with E-state index in [1.807, 2.05) is 0 Å². The van der Waals surface area contributed by atoms with Crippen LogP contribution in [-0.4, -0.2) is 39.0 Å². The van der Waals surface area contributed by atoms with E-state index in [9.17, 15) is 14.4 Å². The molecule has 0 radical (unpaired) electrons. The van der Waals surface area contributed by atoms with Gasteiger partial charge in [0.2, 0.25) is 5.91 Å². The van der Waals surface area contributed by atoms with Crippen LogP contribution >= 0.6 is 11.6 Å². The monoisotopic (exact) mass is 371 g/mol. The SMILES string of the molecule is O=C(NC1CCN(c2ccc(Cl)cc2)C1=O)c1cccn2c(=O)[nH]nc12. The second-order valence-corrected chi connectivity index (χ2v) is 6.36. The van der Waals surface area contributed by atoms with Crippen LogP contribution in [0.1, 0.15) is 16.8 Å². The molecular formula is C17H14ClN5O3. The number of amides is 2. The average Bonchev–Trinajstić information content (AvgIpc) is 3.19. The third-order valence-corrected chi connectivity index (χ3v) is 4.59. The molecule has 1 aromatic carbocycles. The summed E-state index contributed by atoms with van der Waals surface area (Å²) in [6, 6.07) is 9.46. The molecule has 9 heteroatoms. The van der Waals surface area contributed by atoms with E-state index in [1.54, 1.807) is 41.3 Å². The normalized spacial score (nSPS) is 17.0. The molecule has 2 amide bonds. The molecule has 2 N–H and O–H groups in total. The molecule has 1 saturated heterocycles. The van der Waals surface area contributed by atoms with Crippen molar-refractivity contribution in [3.05, 3.63) is 63.7 Å². The van der Waals surface area contributed by atoms with Crippen LogP contribution in [0.2, 0.25) is 5.02 Å². The molecule has 0 spiro atoms. The van der Waals surface area contributed by atoms with Gasteiger partial charge in [-0.3, -0.25) is 9.59 Å². The maximum absolute atomic E-state index is 12.6. The van der Waals surface area contributed by atoms with Crippen LogP contribution in [0, 0.1) is 0 Å². The predicted octanol–water partition coefficient (Wildman–Crippen LogP) is 1.21. The van der Waals surface area contributed by atoms with Crippen molar-refractivity contribution in [1.29, 1.82) is 0 Å². The molecule has 132 valence electrons. The van der Waals surface area contributed by atoms with Crippen molar-refractivity contribution in [1.82, 2.24) is 19.9 Å². The molecule has 0 aliphatic carbocycles. The number of aromatic amines is 1. The Morgan fingerprint density at radius 3 is 2.77 bits per heavy atom. The summed E-state index contributed by atoms with van der Waals surface area (Å²) < 4.78 is 1.24. The average molecular weight is 372 g/mol. The van der Waals surface area contributed by atoms with Gasteiger partial charge in [-0.05, 0) is 42.8 Å². The van der Waals surface area contributed by atoms with Gasteiger partial charge in [-0.15, -0.1) is 0 Å². The van der Waals surface area contributed by atoms with Gasteiger partial charge < -0.3 is 10.2 Å². The highest BCUT2D eigenvalue weighted by molar-refractivity contribution is 6.30. The van der Waals surface area contributed by atoms with E-state index in [2.05, 4.69) is 15.5 Å². The Balaban J connectivity index is 1.54. The molecular weight excluding hydrogens is 358 g/mol. The first-order chi connectivity index (χ1) is 12.5. The van der Waals surface area contributed by atoms with Crippen LogP contribution in [0.15, 0.2) is 47.4 Å². The molecule has 1 atom stereocenters. The van der Waals surface area contributed by atoms with Crippen molar-refractivity contribution in [2.75, 3.05) is 11.4 Å². The molecule has 0 saturated carbocycles.